The summed E-state index contributed by atoms with van der Waals surface area (Å²) in [5.41, 5.74) is -0.447. The van der Waals surface area contributed by atoms with E-state index in [1.807, 2.05) is 0 Å². The molecule has 2 aliphatic carbocycles. The first-order valence-corrected chi connectivity index (χ1v) is 9.95. The van der Waals surface area contributed by atoms with Crippen molar-refractivity contribution < 1.29 is 24.6 Å². The average Bonchev–Trinajstić information content (AvgIpc) is 2.66. The van der Waals surface area contributed by atoms with Gasteiger partial charge < -0.3 is 26.2 Å². The van der Waals surface area contributed by atoms with E-state index in [-0.39, 0.29) is 6.04 Å². The Morgan fingerprint density at radius 1 is 0.778 bits per heavy atom. The number of carbonyl (C=O) groups excluding carboxylic acids is 2. The number of amides is 2. The van der Waals surface area contributed by atoms with Crippen LogP contribution >= 0.6 is 0 Å². The van der Waals surface area contributed by atoms with E-state index in [2.05, 4.69) is 16.0 Å². The third-order valence-electron chi connectivity index (χ3n) is 5.31. The van der Waals surface area contributed by atoms with E-state index >= 15 is 0 Å². The van der Waals surface area contributed by atoms with Crippen LogP contribution in [0.5, 0.6) is 0 Å². The minimum Gasteiger partial charge on any atom is -0.494 e. The molecule has 0 aromatic heterocycles. The molecular weight excluding hydrogens is 350 g/mol. The van der Waals surface area contributed by atoms with Gasteiger partial charge in [0, 0.05) is 12.6 Å². The zero-order valence-corrected chi connectivity index (χ0v) is 15.8. The van der Waals surface area contributed by atoms with Gasteiger partial charge in [-0.3, -0.25) is 14.4 Å². The predicted octanol–water partition coefficient (Wildman–Crippen LogP) is 1.58. The Morgan fingerprint density at radius 3 is 1.93 bits per heavy atom. The Morgan fingerprint density at radius 2 is 1.33 bits per heavy atom. The van der Waals surface area contributed by atoms with Gasteiger partial charge in [-0.15, -0.1) is 0 Å². The molecule has 0 aromatic carbocycles. The Hall–Kier alpha value is -2.25. The lowest BCUT2D eigenvalue weighted by Gasteiger charge is -2.24. The molecule has 2 aliphatic rings. The minimum atomic E-state index is -1.22. The molecule has 27 heavy (non-hydrogen) atoms. The second-order valence-corrected chi connectivity index (χ2v) is 7.49. The SMILES string of the molecule is O=C(O)CNC(=O)/C(C(=O)NCC1CCCCC1)=C(\O)NC1CCCCC1. The number of hydrogen-bond acceptors (Lipinski definition) is 5. The lowest BCUT2D eigenvalue weighted by molar-refractivity contribution is -0.138. The molecule has 0 unspecified atom stereocenters. The molecule has 5 N–H and O–H groups in total. The summed E-state index contributed by atoms with van der Waals surface area (Å²) in [7, 11) is 0. The quantitative estimate of drug-likeness (QED) is 0.188. The van der Waals surface area contributed by atoms with Crippen molar-refractivity contribution in [3.05, 3.63) is 11.5 Å². The summed E-state index contributed by atoms with van der Waals surface area (Å²) in [6.07, 6.45) is 10.5. The van der Waals surface area contributed by atoms with Crippen molar-refractivity contribution in [3.8, 4) is 0 Å². The Kier molecular flexibility index (Phi) is 8.42. The Bertz CT molecular complexity index is 564. The number of carboxylic acids is 1. The van der Waals surface area contributed by atoms with Crippen LogP contribution in [0.2, 0.25) is 0 Å². The van der Waals surface area contributed by atoms with Crippen LogP contribution in [-0.2, 0) is 14.4 Å². The number of aliphatic carboxylic acids is 1. The second-order valence-electron chi connectivity index (χ2n) is 7.49. The van der Waals surface area contributed by atoms with E-state index < -0.39 is 35.8 Å². The molecule has 0 heterocycles. The number of rotatable bonds is 8. The lowest BCUT2D eigenvalue weighted by Crippen LogP contribution is -2.42. The summed E-state index contributed by atoms with van der Waals surface area (Å²) in [4.78, 5) is 35.6. The summed E-state index contributed by atoms with van der Waals surface area (Å²) in [6, 6.07) is 0.00664. The maximum absolute atomic E-state index is 12.6. The van der Waals surface area contributed by atoms with Gasteiger partial charge in [0.15, 0.2) is 5.57 Å². The van der Waals surface area contributed by atoms with Gasteiger partial charge in [-0.2, -0.15) is 0 Å². The maximum atomic E-state index is 12.6. The molecule has 0 aliphatic heterocycles. The monoisotopic (exact) mass is 381 g/mol. The number of aliphatic hydroxyl groups is 1. The molecule has 2 rings (SSSR count). The highest BCUT2D eigenvalue weighted by molar-refractivity contribution is 6.19. The third-order valence-corrected chi connectivity index (χ3v) is 5.31. The molecule has 2 fully saturated rings. The molecule has 0 radical (unpaired) electrons. The van der Waals surface area contributed by atoms with Crippen LogP contribution in [-0.4, -0.2) is 47.1 Å². The van der Waals surface area contributed by atoms with Gasteiger partial charge in [0.1, 0.15) is 6.54 Å². The zero-order chi connectivity index (χ0) is 19.6. The summed E-state index contributed by atoms with van der Waals surface area (Å²) in [5.74, 6) is -2.89. The van der Waals surface area contributed by atoms with E-state index in [0.29, 0.717) is 12.5 Å². The smallest absolute Gasteiger partial charge is 0.322 e. The number of aliphatic hydroxyl groups excluding tert-OH is 1. The van der Waals surface area contributed by atoms with Gasteiger partial charge in [-0.05, 0) is 31.6 Å². The van der Waals surface area contributed by atoms with Crippen LogP contribution in [0.15, 0.2) is 11.5 Å². The van der Waals surface area contributed by atoms with Gasteiger partial charge in [-0.25, -0.2) is 0 Å². The van der Waals surface area contributed by atoms with Crippen LogP contribution in [0, 0.1) is 5.92 Å². The average molecular weight is 381 g/mol. The first-order chi connectivity index (χ1) is 13.0. The van der Waals surface area contributed by atoms with E-state index in [9.17, 15) is 19.5 Å². The number of hydrogen-bond donors (Lipinski definition) is 5. The molecule has 8 heteroatoms. The predicted molar refractivity (Wildman–Crippen MR) is 99.9 cm³/mol. The van der Waals surface area contributed by atoms with Crippen molar-refractivity contribution in [1.82, 2.24) is 16.0 Å². The molecule has 0 spiro atoms. The second kappa shape index (κ2) is 10.8. The summed E-state index contributed by atoms with van der Waals surface area (Å²) in [5, 5.41) is 26.9. The first-order valence-electron chi connectivity index (χ1n) is 9.95. The van der Waals surface area contributed by atoms with Gasteiger partial charge in [0.2, 0.25) is 5.88 Å². The van der Waals surface area contributed by atoms with Crippen molar-refractivity contribution in [2.75, 3.05) is 13.1 Å². The fraction of sp³-hybridized carbons (Fsp3) is 0.737. The van der Waals surface area contributed by atoms with Gasteiger partial charge >= 0.3 is 5.97 Å². The molecule has 8 nitrogen and oxygen atoms in total. The first kappa shape index (κ1) is 21.1. The number of carboxylic acid groups (broad SMARTS) is 1. The molecule has 152 valence electrons. The van der Waals surface area contributed by atoms with Crippen LogP contribution in [0.1, 0.15) is 64.2 Å². The Balaban J connectivity index is 2.04. The van der Waals surface area contributed by atoms with Gasteiger partial charge in [0.05, 0.1) is 0 Å². The molecule has 0 atom stereocenters. The molecule has 2 amide bonds. The molecule has 0 aromatic rings. The molecular formula is C19H31N3O5. The van der Waals surface area contributed by atoms with Crippen molar-refractivity contribution in [2.45, 2.75) is 70.3 Å². The van der Waals surface area contributed by atoms with Gasteiger partial charge in [0.25, 0.3) is 11.8 Å². The van der Waals surface area contributed by atoms with E-state index in [4.69, 9.17) is 5.11 Å². The number of carbonyl (C=O) groups is 3. The highest BCUT2D eigenvalue weighted by atomic mass is 16.4. The van der Waals surface area contributed by atoms with E-state index in [1.54, 1.807) is 0 Å². The summed E-state index contributed by atoms with van der Waals surface area (Å²) >= 11 is 0. The number of nitrogens with one attached hydrogen (secondary N) is 3. The van der Waals surface area contributed by atoms with Crippen LogP contribution in [0.4, 0.5) is 0 Å². The minimum absolute atomic E-state index is 0.00664. The summed E-state index contributed by atoms with van der Waals surface area (Å²) in [6.45, 7) is -0.166. The van der Waals surface area contributed by atoms with E-state index in [1.165, 1.54) is 6.42 Å². The normalized spacial score (nSPS) is 19.7. The molecule has 0 bridgehead atoms. The van der Waals surface area contributed by atoms with Crippen molar-refractivity contribution in [3.63, 3.8) is 0 Å². The van der Waals surface area contributed by atoms with Crippen LogP contribution in [0.3, 0.4) is 0 Å². The van der Waals surface area contributed by atoms with E-state index in [0.717, 1.165) is 57.8 Å². The topological polar surface area (TPSA) is 128 Å². The standard InChI is InChI=1S/C19H31N3O5/c23-15(24)12-21-18(26)16(19(27)22-14-9-5-2-6-10-14)17(25)20-11-13-7-3-1-4-8-13/h13-14,22,27H,1-12H2,(H,20,25)(H,21,26)(H,23,24)/b19-16-. The molecule has 0 saturated heterocycles. The lowest BCUT2D eigenvalue weighted by atomic mass is 9.89. The highest BCUT2D eigenvalue weighted by Crippen LogP contribution is 2.23. The fourth-order valence-corrected chi connectivity index (χ4v) is 3.79. The maximum Gasteiger partial charge on any atom is 0.322 e. The Labute approximate surface area is 159 Å². The summed E-state index contributed by atoms with van der Waals surface area (Å²) < 4.78 is 0. The van der Waals surface area contributed by atoms with Crippen molar-refractivity contribution in [1.29, 1.82) is 0 Å². The van der Waals surface area contributed by atoms with Crippen LogP contribution in [0.25, 0.3) is 0 Å². The van der Waals surface area contributed by atoms with Crippen molar-refractivity contribution >= 4 is 17.8 Å². The van der Waals surface area contributed by atoms with Crippen LogP contribution < -0.4 is 16.0 Å². The van der Waals surface area contributed by atoms with Gasteiger partial charge in [-0.1, -0.05) is 38.5 Å². The van der Waals surface area contributed by atoms with Crippen molar-refractivity contribution in [2.24, 2.45) is 5.92 Å². The largest absolute Gasteiger partial charge is 0.494 e. The molecule has 2 saturated carbocycles. The fourth-order valence-electron chi connectivity index (χ4n) is 3.79. The third kappa shape index (κ3) is 7.11. The zero-order valence-electron chi connectivity index (χ0n) is 15.8. The highest BCUT2D eigenvalue weighted by Gasteiger charge is 2.27.